The monoisotopic (exact) mass is 368 g/mol. The fraction of sp³-hybridized carbons (Fsp3) is 0.273. The van der Waals surface area contributed by atoms with Crippen molar-refractivity contribution in [3.8, 4) is 5.75 Å². The molecule has 2 aromatic carbocycles. The van der Waals surface area contributed by atoms with Crippen molar-refractivity contribution in [2.45, 2.75) is 25.7 Å². The second-order valence-electron chi connectivity index (χ2n) is 6.14. The van der Waals surface area contributed by atoms with Crippen LogP contribution in [0.3, 0.4) is 0 Å². The summed E-state index contributed by atoms with van der Waals surface area (Å²) in [5, 5.41) is 10.6. The van der Waals surface area contributed by atoms with Crippen LogP contribution in [0.4, 0.5) is 0 Å². The normalized spacial score (nSPS) is 10.4. The molecule has 0 fully saturated rings. The number of hydrogen-bond acceptors (Lipinski definition) is 5. The van der Waals surface area contributed by atoms with E-state index in [-0.39, 0.29) is 13.2 Å². The molecule has 0 saturated carbocycles. The van der Waals surface area contributed by atoms with Crippen LogP contribution in [0, 0.1) is 0 Å². The van der Waals surface area contributed by atoms with E-state index in [2.05, 4.69) is 13.2 Å². The molecule has 0 aliphatic carbocycles. The van der Waals surface area contributed by atoms with Gasteiger partial charge in [-0.15, -0.1) is 0 Å². The van der Waals surface area contributed by atoms with E-state index in [1.54, 1.807) is 6.07 Å². The van der Waals surface area contributed by atoms with E-state index in [0.717, 1.165) is 10.8 Å². The molecule has 142 valence electrons. The number of esters is 2. The number of aliphatic hydroxyl groups is 1. The van der Waals surface area contributed by atoms with E-state index in [0.29, 0.717) is 42.6 Å². The van der Waals surface area contributed by atoms with Gasteiger partial charge in [-0.3, -0.25) is 0 Å². The summed E-state index contributed by atoms with van der Waals surface area (Å²) >= 11 is 0. The summed E-state index contributed by atoms with van der Waals surface area (Å²) in [6.45, 7) is 7.56. The number of carbonyl (C=O) groups excluding carboxylic acids is 2. The van der Waals surface area contributed by atoms with Gasteiger partial charge in [-0.05, 0) is 37.1 Å². The molecule has 0 amide bonds. The molecule has 0 heterocycles. The van der Waals surface area contributed by atoms with E-state index in [9.17, 15) is 9.59 Å². The zero-order valence-electron chi connectivity index (χ0n) is 15.3. The van der Waals surface area contributed by atoms with Crippen LogP contribution < -0.4 is 4.74 Å². The Morgan fingerprint density at radius 1 is 0.889 bits per heavy atom. The van der Waals surface area contributed by atoms with Crippen molar-refractivity contribution in [3.05, 3.63) is 66.8 Å². The second kappa shape index (κ2) is 10.3. The molecule has 0 bridgehead atoms. The van der Waals surface area contributed by atoms with Crippen molar-refractivity contribution in [3.63, 3.8) is 0 Å². The van der Waals surface area contributed by atoms with Crippen LogP contribution in [0.2, 0.25) is 0 Å². The molecule has 0 atom stereocenters. The zero-order chi connectivity index (χ0) is 19.6. The van der Waals surface area contributed by atoms with Crippen molar-refractivity contribution < 1.29 is 24.2 Å². The summed E-state index contributed by atoms with van der Waals surface area (Å²) in [6.07, 6.45) is 1.70. The lowest BCUT2D eigenvalue weighted by Crippen LogP contribution is -2.13. The van der Waals surface area contributed by atoms with Crippen LogP contribution >= 0.6 is 0 Å². The molecule has 2 aromatic rings. The predicted molar refractivity (Wildman–Crippen MR) is 104 cm³/mol. The van der Waals surface area contributed by atoms with Gasteiger partial charge in [-0.1, -0.05) is 49.6 Å². The van der Waals surface area contributed by atoms with Crippen molar-refractivity contribution in [2.75, 3.05) is 13.2 Å². The molecule has 0 aromatic heterocycles. The third-order valence-corrected chi connectivity index (χ3v) is 4.02. The molecule has 0 aliphatic rings. The number of aliphatic hydroxyl groups excluding tert-OH is 1. The molecule has 27 heavy (non-hydrogen) atoms. The SMILES string of the molecule is C=C(CCCO)C(=O)OCCCC(=C)C(=O)Oc1cccc2ccccc12. The Bertz CT molecular complexity index is 832. The van der Waals surface area contributed by atoms with Crippen molar-refractivity contribution in [1.82, 2.24) is 0 Å². The number of carbonyl (C=O) groups is 2. The quantitative estimate of drug-likeness (QED) is 0.297. The molecule has 0 spiro atoms. The minimum atomic E-state index is -0.495. The first-order valence-corrected chi connectivity index (χ1v) is 8.86. The van der Waals surface area contributed by atoms with Crippen molar-refractivity contribution in [1.29, 1.82) is 0 Å². The van der Waals surface area contributed by atoms with Crippen LogP contribution in [-0.4, -0.2) is 30.3 Å². The van der Waals surface area contributed by atoms with Gasteiger partial charge in [0.15, 0.2) is 0 Å². The lowest BCUT2D eigenvalue weighted by Gasteiger charge is -2.10. The van der Waals surface area contributed by atoms with Gasteiger partial charge in [0.1, 0.15) is 5.75 Å². The average Bonchev–Trinajstić information content (AvgIpc) is 2.69. The van der Waals surface area contributed by atoms with Gasteiger partial charge < -0.3 is 14.6 Å². The van der Waals surface area contributed by atoms with Crippen LogP contribution in [0.15, 0.2) is 66.8 Å². The highest BCUT2D eigenvalue weighted by atomic mass is 16.5. The molecule has 1 N–H and O–H groups in total. The van der Waals surface area contributed by atoms with Crippen LogP contribution in [-0.2, 0) is 14.3 Å². The third-order valence-electron chi connectivity index (χ3n) is 4.02. The lowest BCUT2D eigenvalue weighted by molar-refractivity contribution is -0.139. The fourth-order valence-electron chi connectivity index (χ4n) is 2.51. The maximum absolute atomic E-state index is 12.2. The molecule has 5 nitrogen and oxygen atoms in total. The topological polar surface area (TPSA) is 72.8 Å². The number of benzene rings is 2. The molecule has 0 saturated heterocycles. The fourth-order valence-corrected chi connectivity index (χ4v) is 2.51. The van der Waals surface area contributed by atoms with Gasteiger partial charge in [0.05, 0.1) is 6.61 Å². The van der Waals surface area contributed by atoms with Gasteiger partial charge in [-0.25, -0.2) is 9.59 Å². The van der Waals surface area contributed by atoms with E-state index >= 15 is 0 Å². The predicted octanol–water partition coefficient (Wildman–Crippen LogP) is 3.95. The average molecular weight is 368 g/mol. The number of rotatable bonds is 10. The summed E-state index contributed by atoms with van der Waals surface area (Å²) in [6, 6.07) is 13.2. The summed E-state index contributed by atoms with van der Waals surface area (Å²) in [5.74, 6) is -0.483. The standard InChI is InChI=1S/C22H24O5/c1-16(8-6-14-23)21(24)26-15-7-9-17(2)22(25)27-20-13-5-11-18-10-3-4-12-19(18)20/h3-5,10-13,23H,1-2,6-9,14-15H2. The first-order valence-electron chi connectivity index (χ1n) is 8.86. The van der Waals surface area contributed by atoms with Gasteiger partial charge in [0, 0.05) is 23.1 Å². The molecule has 2 rings (SSSR count). The minimum Gasteiger partial charge on any atom is -0.462 e. The van der Waals surface area contributed by atoms with E-state index < -0.39 is 11.9 Å². The Morgan fingerprint density at radius 3 is 2.33 bits per heavy atom. The molecule has 0 aliphatic heterocycles. The Morgan fingerprint density at radius 2 is 1.56 bits per heavy atom. The summed E-state index contributed by atoms with van der Waals surface area (Å²) in [5.41, 5.74) is 0.649. The zero-order valence-corrected chi connectivity index (χ0v) is 15.3. The maximum atomic E-state index is 12.2. The highest BCUT2D eigenvalue weighted by Crippen LogP contribution is 2.26. The first kappa shape index (κ1) is 20.4. The summed E-state index contributed by atoms with van der Waals surface area (Å²) < 4.78 is 10.6. The number of hydrogen-bond donors (Lipinski definition) is 1. The highest BCUT2D eigenvalue weighted by Gasteiger charge is 2.13. The lowest BCUT2D eigenvalue weighted by atomic mass is 10.1. The number of fused-ring (bicyclic) bond motifs is 1. The van der Waals surface area contributed by atoms with E-state index in [1.165, 1.54) is 0 Å². The minimum absolute atomic E-state index is 0.00490. The summed E-state index contributed by atoms with van der Waals surface area (Å²) in [7, 11) is 0. The highest BCUT2D eigenvalue weighted by molar-refractivity contribution is 5.94. The van der Waals surface area contributed by atoms with Gasteiger partial charge >= 0.3 is 11.9 Å². The Hall–Kier alpha value is -2.92. The van der Waals surface area contributed by atoms with Crippen molar-refractivity contribution in [2.24, 2.45) is 0 Å². The molecule has 0 radical (unpaired) electrons. The summed E-state index contributed by atoms with van der Waals surface area (Å²) in [4.78, 5) is 23.9. The second-order valence-corrected chi connectivity index (χ2v) is 6.14. The molecular formula is C22H24O5. The smallest absolute Gasteiger partial charge is 0.338 e. The number of ether oxygens (including phenoxy) is 2. The van der Waals surface area contributed by atoms with Crippen LogP contribution in [0.5, 0.6) is 5.75 Å². The Kier molecular flexibility index (Phi) is 7.77. The molecule has 0 unspecified atom stereocenters. The first-order chi connectivity index (χ1) is 13.0. The third kappa shape index (κ3) is 6.08. The largest absolute Gasteiger partial charge is 0.462 e. The van der Waals surface area contributed by atoms with E-state index in [4.69, 9.17) is 14.6 Å². The van der Waals surface area contributed by atoms with Gasteiger partial charge in [0.25, 0.3) is 0 Å². The molecular weight excluding hydrogens is 344 g/mol. The molecule has 5 heteroatoms. The van der Waals surface area contributed by atoms with Gasteiger partial charge in [-0.2, -0.15) is 0 Å². The Balaban J connectivity index is 1.78. The van der Waals surface area contributed by atoms with Crippen LogP contribution in [0.25, 0.3) is 10.8 Å². The van der Waals surface area contributed by atoms with Crippen molar-refractivity contribution >= 4 is 22.7 Å². The van der Waals surface area contributed by atoms with Gasteiger partial charge in [0.2, 0.25) is 0 Å². The Labute approximate surface area is 158 Å². The van der Waals surface area contributed by atoms with E-state index in [1.807, 2.05) is 36.4 Å². The maximum Gasteiger partial charge on any atom is 0.338 e. The van der Waals surface area contributed by atoms with Crippen LogP contribution in [0.1, 0.15) is 25.7 Å².